The molecule has 1 saturated heterocycles. The zero-order chi connectivity index (χ0) is 35.0. The number of unbranched alkanes of at least 4 members (excludes halogenated alkanes) is 3. The molecule has 9 nitrogen and oxygen atoms in total. The molecule has 6 rings (SSSR count). The molecule has 0 unspecified atom stereocenters. The van der Waals surface area contributed by atoms with Crippen LogP contribution < -0.4 is 5.32 Å². The van der Waals surface area contributed by atoms with Crippen molar-refractivity contribution < 1.29 is 24.5 Å². The van der Waals surface area contributed by atoms with Crippen molar-refractivity contribution in [1.82, 2.24) is 5.32 Å². The van der Waals surface area contributed by atoms with Gasteiger partial charge in [0.05, 0.1) is 40.8 Å². The van der Waals surface area contributed by atoms with Gasteiger partial charge >= 0.3 is 11.9 Å². The fourth-order valence-electron chi connectivity index (χ4n) is 7.55. The van der Waals surface area contributed by atoms with E-state index in [1.807, 2.05) is 32.1 Å². The number of esters is 1. The van der Waals surface area contributed by atoms with Crippen molar-refractivity contribution in [2.45, 2.75) is 92.9 Å². The molecule has 0 amide bonds. The molecule has 0 aromatic heterocycles. The number of carbonyl (C=O) groups is 2. The molecule has 6 aliphatic rings. The van der Waals surface area contributed by atoms with Gasteiger partial charge in [0, 0.05) is 58.9 Å². The largest absolute Gasteiger partial charge is 0.511 e. The fraction of sp³-hybridized carbons (Fsp3) is 0.425. The number of ether oxygens (including phenoxy) is 1. The van der Waals surface area contributed by atoms with Crippen LogP contribution in [0.4, 0.5) is 0 Å². The molecule has 9 heteroatoms. The topological polar surface area (TPSA) is 133 Å². The van der Waals surface area contributed by atoms with E-state index in [9.17, 15) is 19.8 Å². The number of fused-ring (bicyclic) bond motifs is 5. The number of nitrogens with one attached hydrogen (secondary N) is 1. The maximum atomic E-state index is 12.9. The van der Waals surface area contributed by atoms with Gasteiger partial charge in [0.25, 0.3) is 0 Å². The van der Waals surface area contributed by atoms with Crippen LogP contribution in [0.15, 0.2) is 119 Å². The molecule has 5 heterocycles. The molecule has 3 N–H and O–H groups in total. The zero-order valence-electron chi connectivity index (χ0n) is 29.4. The van der Waals surface area contributed by atoms with Crippen LogP contribution in [-0.2, 0) is 14.3 Å². The summed E-state index contributed by atoms with van der Waals surface area (Å²) in [6, 6.07) is 0. The Morgan fingerprint density at radius 2 is 1.73 bits per heavy atom. The van der Waals surface area contributed by atoms with E-state index in [0.717, 1.165) is 117 Å². The van der Waals surface area contributed by atoms with E-state index in [1.54, 1.807) is 6.08 Å². The summed E-state index contributed by atoms with van der Waals surface area (Å²) >= 11 is 0. The Hall–Kier alpha value is -4.79. The number of carbonyl (C=O) groups excluding carboxylic acids is 1. The summed E-state index contributed by atoms with van der Waals surface area (Å²) in [5.41, 5.74) is 12.7. The molecule has 0 aromatic carbocycles. The highest BCUT2D eigenvalue weighted by molar-refractivity contribution is 6.21. The van der Waals surface area contributed by atoms with Crippen molar-refractivity contribution in [3.8, 4) is 0 Å². The van der Waals surface area contributed by atoms with Gasteiger partial charge in [-0.05, 0) is 86.6 Å². The highest BCUT2D eigenvalue weighted by atomic mass is 16.5. The summed E-state index contributed by atoms with van der Waals surface area (Å²) in [6.07, 6.45) is 14.9. The van der Waals surface area contributed by atoms with E-state index in [4.69, 9.17) is 19.7 Å². The zero-order valence-corrected chi connectivity index (χ0v) is 29.4. The maximum Gasteiger partial charge on any atom is 0.328 e. The van der Waals surface area contributed by atoms with Crippen molar-refractivity contribution in [2.75, 3.05) is 6.61 Å². The molecular weight excluding hydrogens is 616 g/mol. The van der Waals surface area contributed by atoms with E-state index in [1.165, 1.54) is 0 Å². The van der Waals surface area contributed by atoms with Crippen molar-refractivity contribution in [1.29, 1.82) is 0 Å². The lowest BCUT2D eigenvalue weighted by molar-refractivity contribution is -0.144. The average molecular weight is 663 g/mol. The molecule has 0 saturated carbocycles. The summed E-state index contributed by atoms with van der Waals surface area (Å²) in [6.45, 7) is 12.8. The van der Waals surface area contributed by atoms with Crippen LogP contribution in [0.25, 0.3) is 0 Å². The Balaban J connectivity index is 1.46. The Kier molecular flexibility index (Phi) is 9.72. The number of nitrogens with zero attached hydrogens (tertiary/aromatic N) is 3. The lowest BCUT2D eigenvalue weighted by Crippen LogP contribution is -2.16. The van der Waals surface area contributed by atoms with Crippen LogP contribution in [0.3, 0.4) is 0 Å². The van der Waals surface area contributed by atoms with Crippen molar-refractivity contribution in [2.24, 2.45) is 26.8 Å². The second-order valence-electron chi connectivity index (χ2n) is 13.5. The van der Waals surface area contributed by atoms with Gasteiger partial charge in [-0.3, -0.25) is 4.79 Å². The second-order valence-corrected chi connectivity index (χ2v) is 13.5. The number of hydrogen-bond acceptors (Lipinski definition) is 8. The van der Waals surface area contributed by atoms with E-state index in [2.05, 4.69) is 33.0 Å². The van der Waals surface area contributed by atoms with Crippen LogP contribution in [0.1, 0.15) is 92.9 Å². The number of aliphatic carboxylic acids is 1. The summed E-state index contributed by atoms with van der Waals surface area (Å²) in [7, 11) is 0. The number of aliphatic hydroxyl groups excluding tert-OH is 1. The SMILES string of the molecule is CCCCCCOC(=O)CC[C@@H]1C2=C3CC(O)=C4C3=NC(=C4C)C=C3N=C(C=C4N=C(C=C(N2)[C@H]1C)C(C)=C4/C=C/C(=O)O)C(C)=C3CC. The van der Waals surface area contributed by atoms with E-state index >= 15 is 0 Å². The molecule has 49 heavy (non-hydrogen) atoms. The molecule has 2 atom stereocenters. The Morgan fingerprint density at radius 1 is 0.980 bits per heavy atom. The lowest BCUT2D eigenvalue weighted by atomic mass is 9.86. The van der Waals surface area contributed by atoms with Gasteiger partial charge in [-0.15, -0.1) is 0 Å². The lowest BCUT2D eigenvalue weighted by Gasteiger charge is -2.17. The van der Waals surface area contributed by atoms with Gasteiger partial charge < -0.3 is 20.3 Å². The Morgan fingerprint density at radius 3 is 2.47 bits per heavy atom. The van der Waals surface area contributed by atoms with Gasteiger partial charge in [-0.25, -0.2) is 19.8 Å². The monoisotopic (exact) mass is 662 g/mol. The third-order valence-electron chi connectivity index (χ3n) is 10.4. The first-order valence-electron chi connectivity index (χ1n) is 17.6. The minimum absolute atomic E-state index is 0.00130. The quantitative estimate of drug-likeness (QED) is 0.116. The van der Waals surface area contributed by atoms with Gasteiger partial charge in [-0.2, -0.15) is 0 Å². The summed E-state index contributed by atoms with van der Waals surface area (Å²) in [5.74, 6) is -0.983. The van der Waals surface area contributed by atoms with Gasteiger partial charge in [-0.1, -0.05) is 40.0 Å². The van der Waals surface area contributed by atoms with Crippen molar-refractivity contribution in [3.05, 3.63) is 104 Å². The Labute approximate surface area is 288 Å². The first kappa shape index (κ1) is 34.1. The number of aliphatic hydroxyl groups is 1. The number of hydrogen-bond donors (Lipinski definition) is 3. The summed E-state index contributed by atoms with van der Waals surface area (Å²) in [5, 5.41) is 24.5. The standard InChI is InChI=1S/C40H46N4O5/c1-7-9-10-11-16-49-37(48)15-13-27-23(5)31-18-29-22(4)26(12-14-36(46)47)34(42-29)19-30-21(3)25(8-2)33(41-30)20-32-24(6)38-35(45)17-28(39(27)43-31)40(38)44-32/h12,14,18-20,23,27,43,45H,7-11,13,15-17H2,1-6H3,(H,46,47)/b14-12+,31-18?,33-20?,34-19?,39-28?/t23-,27-/m0/s1. The molecule has 0 spiro atoms. The van der Waals surface area contributed by atoms with Crippen LogP contribution in [0.5, 0.6) is 0 Å². The number of carboxylic acids is 1. The summed E-state index contributed by atoms with van der Waals surface area (Å²) in [4.78, 5) is 39.6. The minimum atomic E-state index is -1.03. The minimum Gasteiger partial charge on any atom is -0.511 e. The first-order chi connectivity index (χ1) is 23.5. The molecule has 1 fully saturated rings. The third kappa shape index (κ3) is 6.51. The van der Waals surface area contributed by atoms with E-state index < -0.39 is 5.97 Å². The van der Waals surface area contributed by atoms with Crippen molar-refractivity contribution >= 4 is 29.1 Å². The van der Waals surface area contributed by atoms with E-state index in [0.29, 0.717) is 30.9 Å². The van der Waals surface area contributed by atoms with Crippen molar-refractivity contribution in [3.63, 3.8) is 0 Å². The molecule has 0 aromatic rings. The highest BCUT2D eigenvalue weighted by Gasteiger charge is 2.41. The Bertz CT molecular complexity index is 1900. The fourth-order valence-corrected chi connectivity index (χ4v) is 7.55. The van der Waals surface area contributed by atoms with Crippen LogP contribution in [0, 0.1) is 11.8 Å². The van der Waals surface area contributed by atoms with Gasteiger partial charge in [0.15, 0.2) is 0 Å². The smallest absolute Gasteiger partial charge is 0.328 e. The highest BCUT2D eigenvalue weighted by Crippen LogP contribution is 2.46. The predicted molar refractivity (Wildman–Crippen MR) is 193 cm³/mol. The third-order valence-corrected chi connectivity index (χ3v) is 10.4. The molecule has 8 bridgehead atoms. The van der Waals surface area contributed by atoms with Crippen LogP contribution in [0.2, 0.25) is 0 Å². The second kappa shape index (κ2) is 14.0. The number of carboxylic acid groups (broad SMARTS) is 1. The summed E-state index contributed by atoms with van der Waals surface area (Å²) < 4.78 is 5.60. The molecule has 0 radical (unpaired) electrons. The van der Waals surface area contributed by atoms with Gasteiger partial charge in [0.1, 0.15) is 5.76 Å². The normalized spacial score (nSPS) is 23.0. The molecule has 5 aliphatic heterocycles. The predicted octanol–water partition coefficient (Wildman–Crippen LogP) is 8.20. The van der Waals surface area contributed by atoms with E-state index in [-0.39, 0.29) is 24.2 Å². The number of allylic oxidation sites excluding steroid dienone is 12. The molecule has 256 valence electrons. The number of aliphatic imine (C=N–C) groups is 3. The van der Waals surface area contributed by atoms with Crippen LogP contribution >= 0.6 is 0 Å². The maximum absolute atomic E-state index is 12.9. The van der Waals surface area contributed by atoms with Crippen LogP contribution in [-0.4, -0.2) is 45.9 Å². The molecular formula is C40H46N4O5. The molecule has 1 aliphatic carbocycles. The van der Waals surface area contributed by atoms with Gasteiger partial charge in [0.2, 0.25) is 0 Å². The number of rotatable bonds is 11. The first-order valence-corrected chi connectivity index (χ1v) is 17.6. The average Bonchev–Trinajstić information content (AvgIpc) is 3.81.